The standard InChI is InChI=1S/C21H33N5O2/c1-7-22-21(23-13-20(27)17-9-8-10-18(12-17)28-6)24-14(2)11-19-15(3)25-26(5)16(19)4/h8-10,12,14,20,27H,7,11,13H2,1-6H3,(H2,22,23,24). The van der Waals surface area contributed by atoms with Gasteiger partial charge in [-0.1, -0.05) is 12.1 Å². The number of methoxy groups -OCH3 is 1. The van der Waals surface area contributed by atoms with E-state index < -0.39 is 6.10 Å². The molecule has 0 aliphatic carbocycles. The minimum absolute atomic E-state index is 0.174. The van der Waals surface area contributed by atoms with Crippen LogP contribution in [0.25, 0.3) is 0 Å². The van der Waals surface area contributed by atoms with Crippen molar-refractivity contribution in [2.75, 3.05) is 20.2 Å². The smallest absolute Gasteiger partial charge is 0.191 e. The van der Waals surface area contributed by atoms with Crippen molar-refractivity contribution in [1.82, 2.24) is 20.4 Å². The SMILES string of the molecule is CCNC(=NCC(O)c1cccc(OC)c1)NC(C)Cc1c(C)nn(C)c1C. The zero-order valence-electron chi connectivity index (χ0n) is 17.8. The molecule has 2 unspecified atom stereocenters. The number of hydrogen-bond donors (Lipinski definition) is 3. The van der Waals surface area contributed by atoms with Gasteiger partial charge in [-0.25, -0.2) is 0 Å². The molecule has 0 bridgehead atoms. The van der Waals surface area contributed by atoms with Gasteiger partial charge in [-0.05, 0) is 57.4 Å². The first kappa shape index (κ1) is 21.8. The van der Waals surface area contributed by atoms with Crippen molar-refractivity contribution in [2.24, 2.45) is 12.0 Å². The lowest BCUT2D eigenvalue weighted by molar-refractivity contribution is 0.186. The van der Waals surface area contributed by atoms with Gasteiger partial charge in [0.1, 0.15) is 5.75 Å². The van der Waals surface area contributed by atoms with E-state index in [-0.39, 0.29) is 12.6 Å². The van der Waals surface area contributed by atoms with Gasteiger partial charge in [0.15, 0.2) is 5.96 Å². The van der Waals surface area contributed by atoms with Crippen LogP contribution in [0.2, 0.25) is 0 Å². The fourth-order valence-electron chi connectivity index (χ4n) is 3.16. The molecule has 2 atom stereocenters. The van der Waals surface area contributed by atoms with Crippen molar-refractivity contribution in [1.29, 1.82) is 0 Å². The summed E-state index contributed by atoms with van der Waals surface area (Å²) in [5, 5.41) is 21.6. The lowest BCUT2D eigenvalue weighted by atomic mass is 10.1. The predicted molar refractivity (Wildman–Crippen MR) is 113 cm³/mol. The third kappa shape index (κ3) is 5.73. The number of benzene rings is 1. The molecular formula is C21H33N5O2. The van der Waals surface area contributed by atoms with Crippen LogP contribution in [0.15, 0.2) is 29.3 Å². The van der Waals surface area contributed by atoms with E-state index >= 15 is 0 Å². The molecule has 0 spiro atoms. The summed E-state index contributed by atoms with van der Waals surface area (Å²) >= 11 is 0. The summed E-state index contributed by atoms with van der Waals surface area (Å²) in [5.74, 6) is 1.41. The fourth-order valence-corrected chi connectivity index (χ4v) is 3.16. The first-order valence-electron chi connectivity index (χ1n) is 9.71. The van der Waals surface area contributed by atoms with E-state index in [4.69, 9.17) is 4.74 Å². The topological polar surface area (TPSA) is 83.7 Å². The Morgan fingerprint density at radius 2 is 2.11 bits per heavy atom. The molecule has 0 aliphatic heterocycles. The monoisotopic (exact) mass is 387 g/mol. The van der Waals surface area contributed by atoms with Gasteiger partial charge in [0, 0.05) is 25.3 Å². The van der Waals surface area contributed by atoms with Gasteiger partial charge >= 0.3 is 0 Å². The van der Waals surface area contributed by atoms with Crippen LogP contribution in [0, 0.1) is 13.8 Å². The predicted octanol–water partition coefficient (Wildman–Crippen LogP) is 2.27. The van der Waals surface area contributed by atoms with Gasteiger partial charge in [0.25, 0.3) is 0 Å². The summed E-state index contributed by atoms with van der Waals surface area (Å²) in [5.41, 5.74) is 4.29. The molecule has 2 rings (SSSR count). The fraction of sp³-hybridized carbons (Fsp3) is 0.524. The molecule has 7 heteroatoms. The number of aromatic nitrogens is 2. The van der Waals surface area contributed by atoms with Gasteiger partial charge in [-0.3, -0.25) is 9.67 Å². The van der Waals surface area contributed by atoms with Crippen LogP contribution in [-0.2, 0) is 13.5 Å². The average molecular weight is 388 g/mol. The van der Waals surface area contributed by atoms with Crippen LogP contribution in [0.4, 0.5) is 0 Å². The van der Waals surface area contributed by atoms with Crippen LogP contribution in [-0.4, -0.2) is 47.1 Å². The highest BCUT2D eigenvalue weighted by atomic mass is 16.5. The maximum absolute atomic E-state index is 10.5. The number of aliphatic imine (C=N–C) groups is 1. The number of ether oxygens (including phenoxy) is 1. The second-order valence-corrected chi connectivity index (χ2v) is 7.03. The normalized spacial score (nSPS) is 13.9. The van der Waals surface area contributed by atoms with E-state index in [1.165, 1.54) is 11.3 Å². The van der Waals surface area contributed by atoms with Crippen LogP contribution in [0.1, 0.15) is 42.5 Å². The van der Waals surface area contributed by atoms with E-state index in [9.17, 15) is 5.11 Å². The van der Waals surface area contributed by atoms with Crippen LogP contribution in [0.5, 0.6) is 5.75 Å². The van der Waals surface area contributed by atoms with Gasteiger partial charge < -0.3 is 20.5 Å². The molecule has 0 fully saturated rings. The van der Waals surface area contributed by atoms with Crippen molar-refractivity contribution in [3.8, 4) is 5.75 Å². The number of aryl methyl sites for hydroxylation is 2. The Morgan fingerprint density at radius 1 is 1.36 bits per heavy atom. The summed E-state index contributed by atoms with van der Waals surface area (Å²) < 4.78 is 7.14. The van der Waals surface area contributed by atoms with E-state index in [1.54, 1.807) is 7.11 Å². The molecule has 7 nitrogen and oxygen atoms in total. The number of nitrogens with one attached hydrogen (secondary N) is 2. The van der Waals surface area contributed by atoms with Crippen molar-refractivity contribution in [3.63, 3.8) is 0 Å². The quantitative estimate of drug-likeness (QED) is 0.478. The van der Waals surface area contributed by atoms with Crippen molar-refractivity contribution >= 4 is 5.96 Å². The number of guanidine groups is 1. The Balaban J connectivity index is 2.02. The maximum Gasteiger partial charge on any atom is 0.191 e. The Bertz CT molecular complexity index is 800. The van der Waals surface area contributed by atoms with E-state index in [0.29, 0.717) is 5.96 Å². The molecule has 28 heavy (non-hydrogen) atoms. The first-order valence-corrected chi connectivity index (χ1v) is 9.71. The highest BCUT2D eigenvalue weighted by Crippen LogP contribution is 2.19. The molecule has 0 saturated carbocycles. The lowest BCUT2D eigenvalue weighted by Crippen LogP contribution is -2.43. The Hall–Kier alpha value is -2.54. The summed E-state index contributed by atoms with van der Waals surface area (Å²) in [6.45, 7) is 9.29. The third-order valence-electron chi connectivity index (χ3n) is 4.80. The van der Waals surface area contributed by atoms with E-state index in [1.807, 2.05) is 49.8 Å². The number of aliphatic hydroxyl groups is 1. The summed E-state index contributed by atoms with van der Waals surface area (Å²) in [6, 6.07) is 7.60. The Labute approximate surface area is 167 Å². The van der Waals surface area contributed by atoms with Gasteiger partial charge in [0.2, 0.25) is 0 Å². The van der Waals surface area contributed by atoms with Crippen LogP contribution >= 0.6 is 0 Å². The molecule has 2 aromatic rings. The number of rotatable bonds is 8. The molecule has 1 aromatic heterocycles. The van der Waals surface area contributed by atoms with E-state index in [2.05, 4.69) is 34.6 Å². The molecule has 0 amide bonds. The van der Waals surface area contributed by atoms with Gasteiger partial charge in [-0.15, -0.1) is 0 Å². The van der Waals surface area contributed by atoms with E-state index in [0.717, 1.165) is 30.0 Å². The molecule has 1 aromatic carbocycles. The summed E-state index contributed by atoms with van der Waals surface area (Å²) in [6.07, 6.45) is 0.164. The van der Waals surface area contributed by atoms with Crippen LogP contribution in [0.3, 0.4) is 0 Å². The molecular weight excluding hydrogens is 354 g/mol. The lowest BCUT2D eigenvalue weighted by Gasteiger charge is -2.19. The second kappa shape index (κ2) is 10.1. The number of hydrogen-bond acceptors (Lipinski definition) is 4. The van der Waals surface area contributed by atoms with Crippen molar-refractivity contribution in [3.05, 3.63) is 46.8 Å². The number of nitrogens with zero attached hydrogens (tertiary/aromatic N) is 3. The van der Waals surface area contributed by atoms with Gasteiger partial charge in [0.05, 0.1) is 25.5 Å². The van der Waals surface area contributed by atoms with Gasteiger partial charge in [-0.2, -0.15) is 5.10 Å². The third-order valence-corrected chi connectivity index (χ3v) is 4.80. The zero-order chi connectivity index (χ0) is 20.7. The second-order valence-electron chi connectivity index (χ2n) is 7.03. The van der Waals surface area contributed by atoms with Crippen molar-refractivity contribution in [2.45, 2.75) is 46.3 Å². The highest BCUT2D eigenvalue weighted by Gasteiger charge is 2.14. The first-order chi connectivity index (χ1) is 13.3. The minimum atomic E-state index is -0.691. The maximum atomic E-state index is 10.5. The molecule has 0 saturated heterocycles. The van der Waals surface area contributed by atoms with Crippen LogP contribution < -0.4 is 15.4 Å². The van der Waals surface area contributed by atoms with Crippen molar-refractivity contribution < 1.29 is 9.84 Å². The highest BCUT2D eigenvalue weighted by molar-refractivity contribution is 5.80. The number of aliphatic hydroxyl groups excluding tert-OH is 1. The molecule has 0 radical (unpaired) electrons. The zero-order valence-corrected chi connectivity index (χ0v) is 17.8. The minimum Gasteiger partial charge on any atom is -0.497 e. The Kier molecular flexibility index (Phi) is 7.87. The molecule has 3 N–H and O–H groups in total. The summed E-state index contributed by atoms with van der Waals surface area (Å²) in [4.78, 5) is 4.56. The molecule has 1 heterocycles. The molecule has 0 aliphatic rings. The largest absolute Gasteiger partial charge is 0.497 e. The Morgan fingerprint density at radius 3 is 2.71 bits per heavy atom. The summed E-state index contributed by atoms with van der Waals surface area (Å²) in [7, 11) is 3.58. The molecule has 154 valence electrons. The average Bonchev–Trinajstić information content (AvgIpc) is 2.92.